The second-order valence-corrected chi connectivity index (χ2v) is 8.66. The maximum absolute atomic E-state index is 13.3. The molecule has 2 aromatic carbocycles. The van der Waals surface area contributed by atoms with Crippen molar-refractivity contribution in [3.63, 3.8) is 0 Å². The number of nitrogens with one attached hydrogen (secondary N) is 2. The summed E-state index contributed by atoms with van der Waals surface area (Å²) in [5.74, 6) is 0.0368. The predicted octanol–water partition coefficient (Wildman–Crippen LogP) is 4.79. The monoisotopic (exact) mass is 444 g/mol. The van der Waals surface area contributed by atoms with E-state index in [4.69, 9.17) is 4.74 Å². The number of rotatable bonds is 5. The lowest BCUT2D eigenvalue weighted by atomic mass is 9.82. The second kappa shape index (κ2) is 8.71. The zero-order valence-corrected chi connectivity index (χ0v) is 18.1. The van der Waals surface area contributed by atoms with Gasteiger partial charge < -0.3 is 10.1 Å². The van der Waals surface area contributed by atoms with Gasteiger partial charge in [0.1, 0.15) is 0 Å². The van der Waals surface area contributed by atoms with Gasteiger partial charge in [0, 0.05) is 12.5 Å². The van der Waals surface area contributed by atoms with Gasteiger partial charge in [-0.2, -0.15) is 13.2 Å². The van der Waals surface area contributed by atoms with Gasteiger partial charge in [0.2, 0.25) is 5.91 Å². The number of piperidine rings is 1. The Bertz CT molecular complexity index is 1010. The number of halogens is 3. The highest BCUT2D eigenvalue weighted by Crippen LogP contribution is 2.35. The van der Waals surface area contributed by atoms with Crippen LogP contribution in [-0.2, 0) is 21.2 Å². The summed E-state index contributed by atoms with van der Waals surface area (Å²) in [4.78, 5) is 11.8. The van der Waals surface area contributed by atoms with Crippen molar-refractivity contribution >= 4 is 5.91 Å². The van der Waals surface area contributed by atoms with E-state index in [0.717, 1.165) is 17.7 Å². The third-order valence-electron chi connectivity index (χ3n) is 6.22. The van der Waals surface area contributed by atoms with Crippen molar-refractivity contribution < 1.29 is 22.7 Å². The Morgan fingerprint density at radius 2 is 1.94 bits per heavy atom. The molecule has 2 aromatic rings. The molecule has 2 unspecified atom stereocenters. The molecule has 0 aliphatic carbocycles. The largest absolute Gasteiger partial charge is 0.416 e. The minimum Gasteiger partial charge on any atom is -0.371 e. The van der Waals surface area contributed by atoms with Crippen molar-refractivity contribution in [1.29, 1.82) is 0 Å². The van der Waals surface area contributed by atoms with Crippen LogP contribution in [0.15, 0.2) is 60.7 Å². The molecule has 1 saturated heterocycles. The highest BCUT2D eigenvalue weighted by molar-refractivity contribution is 5.77. The van der Waals surface area contributed by atoms with Crippen LogP contribution in [0.25, 0.3) is 0 Å². The molecule has 4 atom stereocenters. The number of aryl methyl sites for hydroxylation is 1. The first kappa shape index (κ1) is 22.6. The Kier molecular flexibility index (Phi) is 6.14. The summed E-state index contributed by atoms with van der Waals surface area (Å²) in [7, 11) is 0. The summed E-state index contributed by atoms with van der Waals surface area (Å²) >= 11 is 0. The van der Waals surface area contributed by atoms with Crippen LogP contribution >= 0.6 is 0 Å². The van der Waals surface area contributed by atoms with Crippen molar-refractivity contribution in [1.82, 2.24) is 10.6 Å². The Hall–Kier alpha value is -2.64. The minimum absolute atomic E-state index is 0.0368. The zero-order chi connectivity index (χ0) is 22.9. The van der Waals surface area contributed by atoms with Crippen LogP contribution < -0.4 is 10.6 Å². The standard InChI is InChI=1S/C25H27F3N2O2/c1-16-12-18(14-20(13-16)25(26,27)28)17(2)32-15-24(19-6-4-3-5-7-19)11-10-21-22(30-24)8-9-23(31)29-21/h3-7,10-14,17,21-22,30H,8-9,15H2,1-2H3,(H,29,31)/t17-,21?,22?,24-/m1/s1. The molecule has 0 radical (unpaired) electrons. The van der Waals surface area contributed by atoms with Crippen molar-refractivity contribution in [3.05, 3.63) is 82.9 Å². The minimum atomic E-state index is -4.40. The van der Waals surface area contributed by atoms with Crippen LogP contribution in [-0.4, -0.2) is 24.6 Å². The molecule has 0 saturated carbocycles. The fourth-order valence-corrected chi connectivity index (χ4v) is 4.47. The number of carbonyl (C=O) groups is 1. The Labute approximate surface area is 185 Å². The number of carbonyl (C=O) groups excluding carboxylic acids is 1. The fraction of sp³-hybridized carbons (Fsp3) is 0.400. The molecule has 4 rings (SSSR count). The lowest BCUT2D eigenvalue weighted by Crippen LogP contribution is -2.62. The highest BCUT2D eigenvalue weighted by Gasteiger charge is 2.40. The molecule has 2 heterocycles. The summed E-state index contributed by atoms with van der Waals surface area (Å²) < 4.78 is 46.0. The second-order valence-electron chi connectivity index (χ2n) is 8.66. The van der Waals surface area contributed by atoms with Crippen LogP contribution in [0.5, 0.6) is 0 Å². The predicted molar refractivity (Wildman–Crippen MR) is 116 cm³/mol. The van der Waals surface area contributed by atoms with Gasteiger partial charge in [-0.25, -0.2) is 0 Å². The summed E-state index contributed by atoms with van der Waals surface area (Å²) in [6.07, 6.45) is 0.216. The molecule has 2 N–H and O–H groups in total. The molecule has 2 aliphatic heterocycles. The van der Waals surface area contributed by atoms with Gasteiger partial charge in [-0.05, 0) is 43.5 Å². The average molecular weight is 444 g/mol. The van der Waals surface area contributed by atoms with E-state index in [0.29, 0.717) is 24.0 Å². The van der Waals surface area contributed by atoms with Crippen LogP contribution in [0.2, 0.25) is 0 Å². The van der Waals surface area contributed by atoms with E-state index < -0.39 is 23.4 Å². The normalized spacial score (nSPS) is 26.3. The van der Waals surface area contributed by atoms with Crippen LogP contribution in [0.4, 0.5) is 13.2 Å². The van der Waals surface area contributed by atoms with Gasteiger partial charge in [-0.15, -0.1) is 0 Å². The molecule has 32 heavy (non-hydrogen) atoms. The summed E-state index contributed by atoms with van der Waals surface area (Å²) in [6, 6.07) is 13.8. The lowest BCUT2D eigenvalue weighted by molar-refractivity contribution is -0.137. The Balaban J connectivity index is 1.59. The maximum Gasteiger partial charge on any atom is 0.416 e. The van der Waals surface area contributed by atoms with E-state index >= 15 is 0 Å². The molecule has 0 spiro atoms. The molecule has 1 fully saturated rings. The highest BCUT2D eigenvalue weighted by atomic mass is 19.4. The number of alkyl halides is 3. The van der Waals surface area contributed by atoms with Crippen molar-refractivity contribution in [2.24, 2.45) is 0 Å². The van der Waals surface area contributed by atoms with Crippen molar-refractivity contribution in [2.45, 2.75) is 56.6 Å². The Morgan fingerprint density at radius 1 is 1.19 bits per heavy atom. The first-order valence-electron chi connectivity index (χ1n) is 10.8. The van der Waals surface area contributed by atoms with Crippen LogP contribution in [0.1, 0.15) is 48.1 Å². The molecule has 2 aliphatic rings. The number of benzene rings is 2. The van der Waals surface area contributed by atoms with E-state index in [-0.39, 0.29) is 24.6 Å². The van der Waals surface area contributed by atoms with Crippen molar-refractivity contribution in [3.8, 4) is 0 Å². The maximum atomic E-state index is 13.3. The van der Waals surface area contributed by atoms with Gasteiger partial charge >= 0.3 is 6.18 Å². The fourth-order valence-electron chi connectivity index (χ4n) is 4.47. The molecule has 4 nitrogen and oxygen atoms in total. The molecule has 0 aromatic heterocycles. The first-order chi connectivity index (χ1) is 15.2. The summed E-state index contributed by atoms with van der Waals surface area (Å²) in [6.45, 7) is 3.66. The molecule has 7 heteroatoms. The van der Waals surface area contributed by atoms with E-state index in [1.165, 1.54) is 0 Å². The smallest absolute Gasteiger partial charge is 0.371 e. The van der Waals surface area contributed by atoms with Gasteiger partial charge in [-0.3, -0.25) is 10.1 Å². The van der Waals surface area contributed by atoms with Crippen LogP contribution in [0.3, 0.4) is 0 Å². The summed E-state index contributed by atoms with van der Waals surface area (Å²) in [5, 5.41) is 6.64. The van der Waals surface area contributed by atoms with Crippen LogP contribution in [0, 0.1) is 6.92 Å². The van der Waals surface area contributed by atoms with E-state index in [1.54, 1.807) is 19.9 Å². The van der Waals surface area contributed by atoms with E-state index in [9.17, 15) is 18.0 Å². The van der Waals surface area contributed by atoms with E-state index in [1.807, 2.05) is 42.5 Å². The molecular formula is C25H27F3N2O2. The van der Waals surface area contributed by atoms with Crippen molar-refractivity contribution in [2.75, 3.05) is 6.61 Å². The molecular weight excluding hydrogens is 417 g/mol. The van der Waals surface area contributed by atoms with Gasteiger partial charge in [0.25, 0.3) is 0 Å². The third kappa shape index (κ3) is 4.74. The first-order valence-corrected chi connectivity index (χ1v) is 10.8. The number of amides is 1. The molecule has 0 bridgehead atoms. The molecule has 170 valence electrons. The summed E-state index contributed by atoms with van der Waals surface area (Å²) in [5.41, 5.74) is 0.717. The van der Waals surface area contributed by atoms with Gasteiger partial charge in [0.05, 0.1) is 29.9 Å². The Morgan fingerprint density at radius 3 is 2.66 bits per heavy atom. The number of fused-ring (bicyclic) bond motifs is 1. The van der Waals surface area contributed by atoms with Gasteiger partial charge in [0.15, 0.2) is 0 Å². The third-order valence-corrected chi connectivity index (χ3v) is 6.22. The lowest BCUT2D eigenvalue weighted by Gasteiger charge is -2.44. The topological polar surface area (TPSA) is 50.4 Å². The number of hydrogen-bond donors (Lipinski definition) is 2. The average Bonchev–Trinajstić information content (AvgIpc) is 2.77. The van der Waals surface area contributed by atoms with Gasteiger partial charge in [-0.1, -0.05) is 54.1 Å². The SMILES string of the molecule is Cc1cc([C@@H](C)OC[C@@]2(c3ccccc3)C=CC3NC(=O)CCC3N2)cc(C(F)(F)F)c1. The number of ether oxygens (including phenoxy) is 1. The van der Waals surface area contributed by atoms with E-state index in [2.05, 4.69) is 10.6 Å². The number of hydrogen-bond acceptors (Lipinski definition) is 3. The zero-order valence-electron chi connectivity index (χ0n) is 18.1. The quantitative estimate of drug-likeness (QED) is 0.652. The molecule has 1 amide bonds.